The second-order valence-corrected chi connectivity index (χ2v) is 9.67. The molecule has 0 aliphatic heterocycles. The number of imidazole rings is 1. The number of benzene rings is 3. The molecule has 4 rings (SSSR count). The summed E-state index contributed by atoms with van der Waals surface area (Å²) in [7, 11) is 3.75. The van der Waals surface area contributed by atoms with Crippen LogP contribution in [0.2, 0.25) is 0 Å². The van der Waals surface area contributed by atoms with Gasteiger partial charge in [-0.05, 0) is 57.4 Å². The first-order valence-corrected chi connectivity index (χ1v) is 12.6. The molecular weight excluding hydrogens is 519 g/mol. The normalized spacial score (nSPS) is 11.5. The lowest BCUT2D eigenvalue weighted by atomic mass is 10.1. The standard InChI is InChI=1S/C30H30F3N5O2/c1-21-9-11-23(12-10-21)28(40)37(18-17-36(2)3)20-27(39)35-29-34-26(22-7-5-4-6-8-22)19-38(29)25-15-13-24(14-16-25)30(31,32)33/h4-16,19H,17-18,20H2,1-3H3,(H,34,35,39). The molecule has 1 aromatic heterocycles. The lowest BCUT2D eigenvalue weighted by Crippen LogP contribution is -2.41. The number of hydrogen-bond donors (Lipinski definition) is 1. The molecule has 0 fully saturated rings. The highest BCUT2D eigenvalue weighted by Gasteiger charge is 2.30. The summed E-state index contributed by atoms with van der Waals surface area (Å²) in [6.45, 7) is 2.55. The molecule has 1 N–H and O–H groups in total. The van der Waals surface area contributed by atoms with Crippen molar-refractivity contribution in [3.05, 3.63) is 102 Å². The molecule has 1 heterocycles. The van der Waals surface area contributed by atoms with Gasteiger partial charge in [0.1, 0.15) is 6.54 Å². The number of aryl methyl sites for hydroxylation is 1. The fraction of sp³-hybridized carbons (Fsp3) is 0.233. The Labute approximate surface area is 230 Å². The Morgan fingerprint density at radius 1 is 0.900 bits per heavy atom. The topological polar surface area (TPSA) is 70.5 Å². The number of likely N-dealkylation sites (N-methyl/N-ethyl adjacent to an activating group) is 1. The Hall–Kier alpha value is -4.44. The molecule has 0 atom stereocenters. The summed E-state index contributed by atoms with van der Waals surface area (Å²) >= 11 is 0. The van der Waals surface area contributed by atoms with Crippen LogP contribution in [0.25, 0.3) is 16.9 Å². The SMILES string of the molecule is Cc1ccc(C(=O)N(CCN(C)C)CC(=O)Nc2nc(-c3ccccc3)cn2-c2ccc(C(F)(F)F)cc2)cc1. The summed E-state index contributed by atoms with van der Waals surface area (Å²) in [6.07, 6.45) is -2.82. The lowest BCUT2D eigenvalue weighted by Gasteiger charge is -2.24. The second-order valence-electron chi connectivity index (χ2n) is 9.67. The summed E-state index contributed by atoms with van der Waals surface area (Å²) in [5.41, 5.74) is 2.38. The van der Waals surface area contributed by atoms with Crippen molar-refractivity contribution < 1.29 is 22.8 Å². The zero-order chi connectivity index (χ0) is 28.9. The predicted molar refractivity (Wildman–Crippen MR) is 148 cm³/mol. The summed E-state index contributed by atoms with van der Waals surface area (Å²) in [5, 5.41) is 2.76. The smallest absolute Gasteiger partial charge is 0.328 e. The van der Waals surface area contributed by atoms with Gasteiger partial charge < -0.3 is 9.80 Å². The Kier molecular flexibility index (Phi) is 8.69. The van der Waals surface area contributed by atoms with Crippen LogP contribution in [-0.4, -0.2) is 64.9 Å². The molecule has 4 aromatic rings. The molecule has 0 saturated carbocycles. The van der Waals surface area contributed by atoms with Crippen LogP contribution in [0.5, 0.6) is 0 Å². The van der Waals surface area contributed by atoms with Crippen molar-refractivity contribution in [3.8, 4) is 16.9 Å². The van der Waals surface area contributed by atoms with Crippen molar-refractivity contribution >= 4 is 17.8 Å². The van der Waals surface area contributed by atoms with Crippen LogP contribution >= 0.6 is 0 Å². The first kappa shape index (κ1) is 28.6. The van der Waals surface area contributed by atoms with Gasteiger partial charge in [0.05, 0.1) is 11.3 Å². The minimum atomic E-state index is -4.47. The predicted octanol–water partition coefficient (Wildman–Crippen LogP) is 5.51. The van der Waals surface area contributed by atoms with E-state index in [9.17, 15) is 22.8 Å². The van der Waals surface area contributed by atoms with Crippen LogP contribution in [0.1, 0.15) is 21.5 Å². The molecule has 40 heavy (non-hydrogen) atoms. The molecular formula is C30H30F3N5O2. The third-order valence-electron chi connectivity index (χ3n) is 6.24. The van der Waals surface area contributed by atoms with Gasteiger partial charge in [-0.2, -0.15) is 13.2 Å². The number of alkyl halides is 3. The van der Waals surface area contributed by atoms with Crippen LogP contribution in [0, 0.1) is 6.92 Å². The highest BCUT2D eigenvalue weighted by molar-refractivity contribution is 5.99. The van der Waals surface area contributed by atoms with Crippen LogP contribution in [0.4, 0.5) is 19.1 Å². The summed E-state index contributed by atoms with van der Waals surface area (Å²) in [6, 6.07) is 20.9. The molecule has 10 heteroatoms. The van der Waals surface area contributed by atoms with E-state index in [0.29, 0.717) is 30.0 Å². The van der Waals surface area contributed by atoms with Crippen LogP contribution in [0.3, 0.4) is 0 Å². The van der Waals surface area contributed by atoms with Crippen molar-refractivity contribution in [2.24, 2.45) is 0 Å². The largest absolute Gasteiger partial charge is 0.416 e. The zero-order valence-electron chi connectivity index (χ0n) is 22.4. The number of aromatic nitrogens is 2. The summed E-state index contributed by atoms with van der Waals surface area (Å²) in [4.78, 5) is 34.4. The minimum absolute atomic E-state index is 0.124. The number of rotatable bonds is 9. The van der Waals surface area contributed by atoms with E-state index in [4.69, 9.17) is 0 Å². The van der Waals surface area contributed by atoms with Gasteiger partial charge in [0.15, 0.2) is 0 Å². The fourth-order valence-electron chi connectivity index (χ4n) is 4.01. The maximum atomic E-state index is 13.3. The van der Waals surface area contributed by atoms with E-state index in [-0.39, 0.29) is 18.4 Å². The lowest BCUT2D eigenvalue weighted by molar-refractivity contribution is -0.137. The average Bonchev–Trinajstić information content (AvgIpc) is 3.34. The first-order valence-electron chi connectivity index (χ1n) is 12.6. The average molecular weight is 550 g/mol. The molecule has 0 saturated heterocycles. The molecule has 0 bridgehead atoms. The molecule has 7 nitrogen and oxygen atoms in total. The van der Waals surface area contributed by atoms with Gasteiger partial charge in [-0.25, -0.2) is 4.98 Å². The van der Waals surface area contributed by atoms with Crippen LogP contribution < -0.4 is 5.32 Å². The fourth-order valence-corrected chi connectivity index (χ4v) is 4.01. The molecule has 0 radical (unpaired) electrons. The van der Waals surface area contributed by atoms with Gasteiger partial charge in [-0.1, -0.05) is 48.0 Å². The van der Waals surface area contributed by atoms with Gasteiger partial charge in [0.2, 0.25) is 11.9 Å². The van der Waals surface area contributed by atoms with E-state index in [1.54, 1.807) is 18.3 Å². The monoisotopic (exact) mass is 549 g/mol. The Balaban J connectivity index is 1.62. The number of hydrogen-bond acceptors (Lipinski definition) is 4. The van der Waals surface area contributed by atoms with E-state index in [0.717, 1.165) is 23.3 Å². The molecule has 0 aliphatic carbocycles. The van der Waals surface area contributed by atoms with Crippen molar-refractivity contribution in [3.63, 3.8) is 0 Å². The van der Waals surface area contributed by atoms with Gasteiger partial charge in [-0.3, -0.25) is 19.5 Å². The van der Waals surface area contributed by atoms with Gasteiger partial charge in [-0.15, -0.1) is 0 Å². The summed E-state index contributed by atoms with van der Waals surface area (Å²) < 4.78 is 40.9. The van der Waals surface area contributed by atoms with Gasteiger partial charge >= 0.3 is 6.18 Å². The van der Waals surface area contributed by atoms with E-state index in [2.05, 4.69) is 10.3 Å². The maximum Gasteiger partial charge on any atom is 0.416 e. The van der Waals surface area contributed by atoms with Crippen molar-refractivity contribution in [2.45, 2.75) is 13.1 Å². The third-order valence-corrected chi connectivity index (χ3v) is 6.24. The van der Waals surface area contributed by atoms with Gasteiger partial charge in [0, 0.05) is 36.1 Å². The van der Waals surface area contributed by atoms with Crippen LogP contribution in [-0.2, 0) is 11.0 Å². The van der Waals surface area contributed by atoms with Crippen molar-refractivity contribution in [1.82, 2.24) is 19.4 Å². The molecule has 0 aliphatic rings. The van der Waals surface area contributed by atoms with Crippen molar-refractivity contribution in [1.29, 1.82) is 0 Å². The quantitative estimate of drug-likeness (QED) is 0.299. The Bertz CT molecular complexity index is 1450. The van der Waals surface area contributed by atoms with E-state index in [1.165, 1.54) is 21.6 Å². The molecule has 208 valence electrons. The minimum Gasteiger partial charge on any atom is -0.328 e. The van der Waals surface area contributed by atoms with Crippen molar-refractivity contribution in [2.75, 3.05) is 39.0 Å². The summed E-state index contributed by atoms with van der Waals surface area (Å²) in [5.74, 6) is -0.649. The number of nitrogens with zero attached hydrogens (tertiary/aromatic N) is 4. The maximum absolute atomic E-state index is 13.3. The van der Waals surface area contributed by atoms with E-state index in [1.807, 2.05) is 68.4 Å². The number of nitrogens with one attached hydrogen (secondary N) is 1. The number of amides is 2. The second kappa shape index (κ2) is 12.2. The van der Waals surface area contributed by atoms with Gasteiger partial charge in [0.25, 0.3) is 5.91 Å². The molecule has 3 aromatic carbocycles. The highest BCUT2D eigenvalue weighted by atomic mass is 19.4. The number of carbonyl (C=O) groups excluding carboxylic acids is 2. The van der Waals surface area contributed by atoms with E-state index < -0.39 is 17.6 Å². The van der Waals surface area contributed by atoms with Crippen LogP contribution in [0.15, 0.2) is 85.1 Å². The highest BCUT2D eigenvalue weighted by Crippen LogP contribution is 2.31. The Morgan fingerprint density at radius 2 is 1.55 bits per heavy atom. The molecule has 2 amide bonds. The third kappa shape index (κ3) is 7.15. The van der Waals surface area contributed by atoms with E-state index >= 15 is 0 Å². The molecule has 0 spiro atoms. The first-order chi connectivity index (χ1) is 19.0. The Morgan fingerprint density at radius 3 is 2.15 bits per heavy atom. The zero-order valence-corrected chi connectivity index (χ0v) is 22.4. The number of anilines is 1. The number of carbonyl (C=O) groups is 2. The number of halogens is 3. The molecule has 0 unspecified atom stereocenters.